The van der Waals surface area contributed by atoms with Gasteiger partial charge in [0.15, 0.2) is 0 Å². The van der Waals surface area contributed by atoms with Crippen LogP contribution in [0.2, 0.25) is 0 Å². The molecule has 0 saturated carbocycles. The van der Waals surface area contributed by atoms with Crippen molar-refractivity contribution in [2.45, 2.75) is 52.6 Å². The van der Waals surface area contributed by atoms with Gasteiger partial charge < -0.3 is 9.73 Å². The second-order valence-electron chi connectivity index (χ2n) is 5.95. The Morgan fingerprint density at radius 2 is 2.26 bits per heavy atom. The van der Waals surface area contributed by atoms with E-state index in [1.54, 1.807) is 0 Å². The van der Waals surface area contributed by atoms with Crippen LogP contribution in [0.3, 0.4) is 0 Å². The van der Waals surface area contributed by atoms with Gasteiger partial charge in [-0.2, -0.15) is 0 Å². The van der Waals surface area contributed by atoms with Crippen LogP contribution in [-0.4, -0.2) is 30.6 Å². The molecule has 0 spiro atoms. The fraction of sp³-hybridized carbons (Fsp3) is 0.750. The van der Waals surface area contributed by atoms with E-state index in [0.717, 1.165) is 31.2 Å². The average Bonchev–Trinajstić information content (AvgIpc) is 2.83. The zero-order valence-electron chi connectivity index (χ0n) is 12.8. The van der Waals surface area contributed by atoms with Crippen LogP contribution >= 0.6 is 0 Å². The van der Waals surface area contributed by atoms with Gasteiger partial charge in [0.1, 0.15) is 11.5 Å². The summed E-state index contributed by atoms with van der Waals surface area (Å²) in [6, 6.07) is 5.25. The number of nitrogens with zero attached hydrogens (tertiary/aromatic N) is 1. The quantitative estimate of drug-likeness (QED) is 0.884. The second kappa shape index (κ2) is 6.58. The van der Waals surface area contributed by atoms with Crippen molar-refractivity contribution in [2.24, 2.45) is 5.92 Å². The number of hydrogen-bond donors (Lipinski definition) is 1. The summed E-state index contributed by atoms with van der Waals surface area (Å²) in [5, 5.41) is 3.67. The van der Waals surface area contributed by atoms with E-state index in [2.05, 4.69) is 43.1 Å². The maximum atomic E-state index is 5.77. The van der Waals surface area contributed by atoms with Crippen LogP contribution in [0.5, 0.6) is 0 Å². The Labute approximate surface area is 117 Å². The molecule has 0 amide bonds. The predicted molar refractivity (Wildman–Crippen MR) is 79.3 cm³/mol. The number of furan rings is 1. The van der Waals surface area contributed by atoms with Crippen molar-refractivity contribution in [3.63, 3.8) is 0 Å². The standard InChI is InChI=1S/C16H28N2O/c1-5-9-17-15-8-10-18(11-12(15)2)14(4)16-7-6-13(3)19-16/h6-7,12,14-15,17H,5,8-11H2,1-4H3. The summed E-state index contributed by atoms with van der Waals surface area (Å²) in [4.78, 5) is 2.55. The topological polar surface area (TPSA) is 28.4 Å². The third-order valence-electron chi connectivity index (χ3n) is 4.31. The highest BCUT2D eigenvalue weighted by molar-refractivity contribution is 5.09. The van der Waals surface area contributed by atoms with Gasteiger partial charge >= 0.3 is 0 Å². The van der Waals surface area contributed by atoms with E-state index in [-0.39, 0.29) is 0 Å². The molecule has 3 heteroatoms. The Bertz CT molecular complexity index is 388. The van der Waals surface area contributed by atoms with Gasteiger partial charge in [0, 0.05) is 19.1 Å². The number of aryl methyl sites for hydroxylation is 1. The highest BCUT2D eigenvalue weighted by Gasteiger charge is 2.29. The van der Waals surface area contributed by atoms with Crippen LogP contribution in [0.4, 0.5) is 0 Å². The molecule has 0 aromatic carbocycles. The summed E-state index contributed by atoms with van der Waals surface area (Å²) in [5.74, 6) is 2.82. The molecule has 3 atom stereocenters. The monoisotopic (exact) mass is 264 g/mol. The van der Waals surface area contributed by atoms with Crippen LogP contribution in [0, 0.1) is 12.8 Å². The minimum absolute atomic E-state index is 0.392. The molecule has 0 aliphatic carbocycles. The SMILES string of the molecule is CCCNC1CCN(C(C)c2ccc(C)o2)CC1C. The number of piperidine rings is 1. The van der Waals surface area contributed by atoms with Crippen molar-refractivity contribution >= 4 is 0 Å². The van der Waals surface area contributed by atoms with Crippen LogP contribution in [0.15, 0.2) is 16.5 Å². The molecule has 2 rings (SSSR count). The molecule has 1 aromatic heterocycles. The van der Waals surface area contributed by atoms with E-state index in [4.69, 9.17) is 4.42 Å². The first kappa shape index (κ1) is 14.6. The van der Waals surface area contributed by atoms with Gasteiger partial charge in [-0.25, -0.2) is 0 Å². The van der Waals surface area contributed by atoms with E-state index in [1.165, 1.54) is 12.8 Å². The lowest BCUT2D eigenvalue weighted by atomic mass is 9.92. The molecular weight excluding hydrogens is 236 g/mol. The Kier molecular flexibility index (Phi) is 5.06. The molecule has 3 nitrogen and oxygen atoms in total. The van der Waals surface area contributed by atoms with E-state index in [1.807, 2.05) is 6.92 Å². The minimum Gasteiger partial charge on any atom is -0.465 e. The van der Waals surface area contributed by atoms with Gasteiger partial charge in [0.25, 0.3) is 0 Å². The molecule has 3 unspecified atom stereocenters. The van der Waals surface area contributed by atoms with Crippen molar-refractivity contribution in [3.8, 4) is 0 Å². The van der Waals surface area contributed by atoms with E-state index < -0.39 is 0 Å². The largest absolute Gasteiger partial charge is 0.465 e. The summed E-state index contributed by atoms with van der Waals surface area (Å²) in [6.07, 6.45) is 2.46. The van der Waals surface area contributed by atoms with Crippen LogP contribution in [0.1, 0.15) is 51.2 Å². The third kappa shape index (κ3) is 3.61. The Morgan fingerprint density at radius 3 is 2.84 bits per heavy atom. The zero-order valence-corrected chi connectivity index (χ0v) is 12.8. The first-order valence-corrected chi connectivity index (χ1v) is 7.65. The molecule has 0 bridgehead atoms. The van der Waals surface area contributed by atoms with E-state index >= 15 is 0 Å². The molecule has 1 aliphatic rings. The summed E-state index contributed by atoms with van der Waals surface area (Å²) in [7, 11) is 0. The summed E-state index contributed by atoms with van der Waals surface area (Å²) in [5.41, 5.74) is 0. The first-order chi connectivity index (χ1) is 9.11. The van der Waals surface area contributed by atoms with Gasteiger partial charge in [-0.15, -0.1) is 0 Å². The molecule has 1 N–H and O–H groups in total. The lowest BCUT2D eigenvalue weighted by Crippen LogP contribution is -2.49. The lowest BCUT2D eigenvalue weighted by Gasteiger charge is -2.39. The normalized spacial score (nSPS) is 26.5. The van der Waals surface area contributed by atoms with Crippen molar-refractivity contribution in [2.75, 3.05) is 19.6 Å². The van der Waals surface area contributed by atoms with Crippen molar-refractivity contribution in [1.82, 2.24) is 10.2 Å². The van der Waals surface area contributed by atoms with Crippen LogP contribution in [-0.2, 0) is 0 Å². The molecule has 108 valence electrons. The second-order valence-corrected chi connectivity index (χ2v) is 5.95. The summed E-state index contributed by atoms with van der Waals surface area (Å²) in [6.45, 7) is 12.3. The van der Waals surface area contributed by atoms with E-state index in [0.29, 0.717) is 18.0 Å². The summed E-state index contributed by atoms with van der Waals surface area (Å²) >= 11 is 0. The third-order valence-corrected chi connectivity index (χ3v) is 4.31. The highest BCUT2D eigenvalue weighted by atomic mass is 16.3. The van der Waals surface area contributed by atoms with Crippen molar-refractivity contribution < 1.29 is 4.42 Å². The van der Waals surface area contributed by atoms with Gasteiger partial charge in [-0.1, -0.05) is 13.8 Å². The molecule has 1 aromatic rings. The predicted octanol–water partition coefficient (Wildman–Crippen LogP) is 3.36. The Morgan fingerprint density at radius 1 is 1.47 bits per heavy atom. The lowest BCUT2D eigenvalue weighted by molar-refractivity contribution is 0.100. The van der Waals surface area contributed by atoms with Crippen LogP contribution < -0.4 is 5.32 Å². The molecule has 1 saturated heterocycles. The van der Waals surface area contributed by atoms with E-state index in [9.17, 15) is 0 Å². The minimum atomic E-state index is 0.392. The molecular formula is C16H28N2O. The Balaban J connectivity index is 1.90. The van der Waals surface area contributed by atoms with Crippen molar-refractivity contribution in [3.05, 3.63) is 23.7 Å². The fourth-order valence-electron chi connectivity index (χ4n) is 3.02. The van der Waals surface area contributed by atoms with Gasteiger partial charge in [0.05, 0.1) is 6.04 Å². The number of likely N-dealkylation sites (tertiary alicyclic amines) is 1. The van der Waals surface area contributed by atoms with Crippen molar-refractivity contribution in [1.29, 1.82) is 0 Å². The first-order valence-electron chi connectivity index (χ1n) is 7.65. The van der Waals surface area contributed by atoms with Gasteiger partial charge in [0.2, 0.25) is 0 Å². The molecule has 2 heterocycles. The molecule has 19 heavy (non-hydrogen) atoms. The fourth-order valence-corrected chi connectivity index (χ4v) is 3.02. The average molecular weight is 264 g/mol. The number of rotatable bonds is 5. The molecule has 1 aliphatic heterocycles. The zero-order chi connectivity index (χ0) is 13.8. The van der Waals surface area contributed by atoms with Gasteiger partial charge in [-0.05, 0) is 51.3 Å². The van der Waals surface area contributed by atoms with Crippen LogP contribution in [0.25, 0.3) is 0 Å². The number of nitrogens with one attached hydrogen (secondary N) is 1. The maximum Gasteiger partial charge on any atom is 0.121 e. The van der Waals surface area contributed by atoms with Gasteiger partial charge in [-0.3, -0.25) is 4.90 Å². The number of hydrogen-bond acceptors (Lipinski definition) is 3. The molecule has 0 radical (unpaired) electrons. The smallest absolute Gasteiger partial charge is 0.121 e. The molecule has 1 fully saturated rings. The summed E-state index contributed by atoms with van der Waals surface area (Å²) < 4.78 is 5.77. The highest BCUT2D eigenvalue weighted by Crippen LogP contribution is 2.27. The Hall–Kier alpha value is -0.800. The maximum absolute atomic E-state index is 5.77.